The fourth-order valence-electron chi connectivity index (χ4n) is 3.06. The number of hydrogen-bond acceptors (Lipinski definition) is 6. The molecule has 4 aromatic rings. The lowest BCUT2D eigenvalue weighted by molar-refractivity contribution is -0.385. The maximum atomic E-state index is 11.6. The monoisotopic (exact) mass is 346 g/mol. The minimum atomic E-state index is -0.502. The summed E-state index contributed by atoms with van der Waals surface area (Å²) in [5, 5.41) is 13.5. The summed E-state index contributed by atoms with van der Waals surface area (Å²) >= 11 is 0. The van der Waals surface area contributed by atoms with Crippen molar-refractivity contribution in [3.05, 3.63) is 64.8 Å². The highest BCUT2D eigenvalue weighted by Crippen LogP contribution is 2.41. The van der Waals surface area contributed by atoms with Crippen LogP contribution in [0, 0.1) is 10.1 Å². The Bertz CT molecular complexity index is 1170. The van der Waals surface area contributed by atoms with E-state index >= 15 is 0 Å². The second-order valence-corrected chi connectivity index (χ2v) is 5.75. The van der Waals surface area contributed by atoms with Crippen LogP contribution in [-0.2, 0) is 0 Å². The van der Waals surface area contributed by atoms with Crippen LogP contribution in [0.5, 0.6) is 5.75 Å². The van der Waals surface area contributed by atoms with Gasteiger partial charge in [-0.15, -0.1) is 0 Å². The van der Waals surface area contributed by atoms with Crippen LogP contribution in [-0.4, -0.2) is 22.0 Å². The van der Waals surface area contributed by atoms with E-state index in [1.165, 1.54) is 7.11 Å². The van der Waals surface area contributed by atoms with Crippen molar-refractivity contribution in [3.63, 3.8) is 0 Å². The summed E-state index contributed by atoms with van der Waals surface area (Å²) in [5.74, 6) is 0.0328. The molecule has 0 aliphatic rings. The van der Waals surface area contributed by atoms with Crippen LogP contribution >= 0.6 is 0 Å². The van der Waals surface area contributed by atoms with E-state index in [4.69, 9.17) is 10.5 Å². The van der Waals surface area contributed by atoms with Crippen molar-refractivity contribution in [2.75, 3.05) is 12.8 Å². The number of nitro benzene ring substituents is 1. The summed E-state index contributed by atoms with van der Waals surface area (Å²) in [7, 11) is 1.35. The first kappa shape index (κ1) is 15.8. The number of nitro groups is 1. The zero-order valence-corrected chi connectivity index (χ0v) is 13.8. The Balaban J connectivity index is 2.04. The standard InChI is InChI=1S/C19H14N4O3/c1-26-19-14(20)8-7-13(18(19)23(24)25)15-9-6-12-5-4-11-3-2-10-21-16(11)17(12)22-15/h2-10H,20H2,1H3. The average molecular weight is 346 g/mol. The van der Waals surface area contributed by atoms with Gasteiger partial charge in [-0.25, -0.2) is 4.98 Å². The second-order valence-electron chi connectivity index (χ2n) is 5.75. The number of hydrogen-bond donors (Lipinski definition) is 1. The number of ether oxygens (including phenoxy) is 1. The van der Waals surface area contributed by atoms with Gasteiger partial charge in [0, 0.05) is 17.0 Å². The molecule has 0 radical (unpaired) electrons. The molecule has 0 aliphatic carbocycles. The van der Waals surface area contributed by atoms with Gasteiger partial charge in [0.2, 0.25) is 5.75 Å². The molecule has 0 amide bonds. The van der Waals surface area contributed by atoms with Gasteiger partial charge >= 0.3 is 5.69 Å². The van der Waals surface area contributed by atoms with Crippen LogP contribution in [0.25, 0.3) is 33.1 Å². The van der Waals surface area contributed by atoms with Gasteiger partial charge in [-0.1, -0.05) is 24.3 Å². The molecule has 7 nitrogen and oxygen atoms in total. The van der Waals surface area contributed by atoms with Crippen LogP contribution in [0.3, 0.4) is 0 Å². The SMILES string of the molecule is COc1c(N)ccc(-c2ccc3ccc4cccnc4c3n2)c1[N+](=O)[O-]. The van der Waals surface area contributed by atoms with Gasteiger partial charge in [-0.2, -0.15) is 0 Å². The molecule has 0 saturated heterocycles. The van der Waals surface area contributed by atoms with Crippen LogP contribution < -0.4 is 10.5 Å². The van der Waals surface area contributed by atoms with Crippen LogP contribution in [0.1, 0.15) is 0 Å². The molecule has 2 aromatic carbocycles. The van der Waals surface area contributed by atoms with E-state index in [0.717, 1.165) is 16.3 Å². The quantitative estimate of drug-likeness (QED) is 0.261. The predicted octanol–water partition coefficient (Wildman–Crippen LogP) is 3.95. The van der Waals surface area contributed by atoms with E-state index in [9.17, 15) is 10.1 Å². The van der Waals surface area contributed by atoms with E-state index in [1.54, 1.807) is 24.4 Å². The molecule has 2 N–H and O–H groups in total. The summed E-state index contributed by atoms with van der Waals surface area (Å²) in [5.41, 5.74) is 8.06. The first-order valence-electron chi connectivity index (χ1n) is 7.86. The minimum Gasteiger partial charge on any atom is -0.489 e. The molecule has 4 rings (SSSR count). The van der Waals surface area contributed by atoms with Crippen molar-refractivity contribution in [2.45, 2.75) is 0 Å². The molecule has 0 unspecified atom stereocenters. The van der Waals surface area contributed by atoms with Gasteiger partial charge in [0.25, 0.3) is 0 Å². The Hall–Kier alpha value is -3.74. The number of nitrogens with zero attached hydrogens (tertiary/aromatic N) is 3. The number of benzene rings is 2. The molecule has 0 atom stereocenters. The molecule has 0 aliphatic heterocycles. The van der Waals surface area contributed by atoms with Gasteiger partial charge in [0.1, 0.15) is 0 Å². The number of anilines is 1. The molecular weight excluding hydrogens is 332 g/mol. The number of nitrogen functional groups attached to an aromatic ring is 1. The third-order valence-corrected chi connectivity index (χ3v) is 4.26. The first-order chi connectivity index (χ1) is 12.6. The maximum Gasteiger partial charge on any atom is 0.322 e. The Morgan fingerprint density at radius 1 is 1.04 bits per heavy atom. The molecule has 2 aromatic heterocycles. The third-order valence-electron chi connectivity index (χ3n) is 4.26. The average Bonchev–Trinajstić information content (AvgIpc) is 2.67. The van der Waals surface area contributed by atoms with Crippen molar-refractivity contribution in [1.29, 1.82) is 0 Å². The fourth-order valence-corrected chi connectivity index (χ4v) is 3.06. The fraction of sp³-hybridized carbons (Fsp3) is 0.0526. The van der Waals surface area contributed by atoms with Gasteiger partial charge in [-0.3, -0.25) is 15.1 Å². The summed E-state index contributed by atoms with van der Waals surface area (Å²) in [6.45, 7) is 0. The number of fused-ring (bicyclic) bond motifs is 3. The number of methoxy groups -OCH3 is 1. The normalized spacial score (nSPS) is 11.0. The Labute approximate surface area is 148 Å². The topological polar surface area (TPSA) is 104 Å². The van der Waals surface area contributed by atoms with Gasteiger partial charge < -0.3 is 10.5 Å². The summed E-state index contributed by atoms with van der Waals surface area (Å²) in [6, 6.07) is 14.5. The largest absolute Gasteiger partial charge is 0.489 e. The Kier molecular flexibility index (Phi) is 3.62. The highest BCUT2D eigenvalue weighted by Gasteiger charge is 2.25. The summed E-state index contributed by atoms with van der Waals surface area (Å²) in [6.07, 6.45) is 1.70. The van der Waals surface area contributed by atoms with Crippen LogP contribution in [0.4, 0.5) is 11.4 Å². The molecule has 0 spiro atoms. The van der Waals surface area contributed by atoms with Crippen molar-refractivity contribution >= 4 is 33.2 Å². The lowest BCUT2D eigenvalue weighted by atomic mass is 10.0. The number of aromatic nitrogens is 2. The van der Waals surface area contributed by atoms with Crippen molar-refractivity contribution < 1.29 is 9.66 Å². The first-order valence-corrected chi connectivity index (χ1v) is 7.86. The number of pyridine rings is 2. The highest BCUT2D eigenvalue weighted by atomic mass is 16.6. The van der Waals surface area contributed by atoms with Crippen molar-refractivity contribution in [3.8, 4) is 17.0 Å². The van der Waals surface area contributed by atoms with E-state index in [0.29, 0.717) is 16.8 Å². The molecule has 7 heteroatoms. The summed E-state index contributed by atoms with van der Waals surface area (Å²) < 4.78 is 5.15. The zero-order chi connectivity index (χ0) is 18.3. The van der Waals surface area contributed by atoms with E-state index < -0.39 is 4.92 Å². The maximum absolute atomic E-state index is 11.6. The van der Waals surface area contributed by atoms with Gasteiger partial charge in [0.15, 0.2) is 0 Å². The van der Waals surface area contributed by atoms with Crippen LogP contribution in [0.2, 0.25) is 0 Å². The van der Waals surface area contributed by atoms with Crippen molar-refractivity contribution in [1.82, 2.24) is 9.97 Å². The highest BCUT2D eigenvalue weighted by molar-refractivity contribution is 6.03. The minimum absolute atomic E-state index is 0.0328. The Morgan fingerprint density at radius 3 is 2.50 bits per heavy atom. The molecular formula is C19H14N4O3. The van der Waals surface area contributed by atoms with Gasteiger partial charge in [0.05, 0.1) is 40.0 Å². The summed E-state index contributed by atoms with van der Waals surface area (Å²) in [4.78, 5) is 20.2. The lowest BCUT2D eigenvalue weighted by Gasteiger charge is -2.10. The van der Waals surface area contributed by atoms with E-state index in [-0.39, 0.29) is 17.1 Å². The van der Waals surface area contributed by atoms with Gasteiger partial charge in [-0.05, 0) is 24.3 Å². The third kappa shape index (κ3) is 2.37. The van der Waals surface area contributed by atoms with E-state index in [2.05, 4.69) is 9.97 Å². The number of nitrogens with two attached hydrogens (primary N) is 1. The molecule has 26 heavy (non-hydrogen) atoms. The molecule has 0 fully saturated rings. The molecule has 0 saturated carbocycles. The number of rotatable bonds is 3. The second kappa shape index (κ2) is 5.96. The lowest BCUT2D eigenvalue weighted by Crippen LogP contribution is -2.01. The predicted molar refractivity (Wildman–Crippen MR) is 100 cm³/mol. The molecule has 0 bridgehead atoms. The van der Waals surface area contributed by atoms with Crippen LogP contribution in [0.15, 0.2) is 54.7 Å². The zero-order valence-electron chi connectivity index (χ0n) is 13.8. The van der Waals surface area contributed by atoms with E-state index in [1.807, 2.05) is 30.3 Å². The van der Waals surface area contributed by atoms with Crippen molar-refractivity contribution in [2.24, 2.45) is 0 Å². The Morgan fingerprint density at radius 2 is 1.77 bits per heavy atom. The molecule has 128 valence electrons. The smallest absolute Gasteiger partial charge is 0.322 e. The molecule has 2 heterocycles.